The third-order valence-electron chi connectivity index (χ3n) is 7.39. The molecule has 2 heterocycles. The number of phenols is 1. The van der Waals surface area contributed by atoms with Crippen LogP contribution in [0.3, 0.4) is 0 Å². The molecule has 0 radical (unpaired) electrons. The van der Waals surface area contributed by atoms with Crippen LogP contribution in [0.25, 0.3) is 0 Å². The largest absolute Gasteiger partial charge is 0.508 e. The van der Waals surface area contributed by atoms with Crippen LogP contribution >= 0.6 is 39.1 Å². The lowest BCUT2D eigenvalue weighted by Gasteiger charge is -2.50. The molecule has 0 bridgehead atoms. The van der Waals surface area contributed by atoms with Gasteiger partial charge >= 0.3 is 0 Å². The Morgan fingerprint density at radius 2 is 1.91 bits per heavy atom. The molecule has 4 amide bonds. The van der Waals surface area contributed by atoms with Gasteiger partial charge in [0.1, 0.15) is 11.5 Å². The standard InChI is InChI=1S/C22H19BrCl2N2O6/c1-33-14-6-9(28)2-3-11(14)16-10-4-5-12-15(18(30)26-17(12)29)13(10)7-21(24)19(31)27(8-23)20(32)22(16,21)25/h2-4,6,12-13,15-16,28H,5,7-8H2,1H3,(H,26,29,30)/t12-,13+,15-,16+,21+,22-/m0/s1. The second-order valence-electron chi connectivity index (χ2n) is 8.77. The summed E-state index contributed by atoms with van der Waals surface area (Å²) >= 11 is 17.3. The molecule has 0 unspecified atom stereocenters. The number of ether oxygens (including phenoxy) is 1. The lowest BCUT2D eigenvalue weighted by atomic mass is 9.56. The Labute approximate surface area is 207 Å². The molecule has 1 aromatic carbocycles. The maximum atomic E-state index is 13.6. The van der Waals surface area contributed by atoms with Gasteiger partial charge in [0, 0.05) is 17.5 Å². The van der Waals surface area contributed by atoms with E-state index in [1.54, 1.807) is 6.07 Å². The van der Waals surface area contributed by atoms with Crippen molar-refractivity contribution >= 4 is 62.8 Å². The van der Waals surface area contributed by atoms with E-state index in [-0.39, 0.29) is 35.7 Å². The van der Waals surface area contributed by atoms with Crippen LogP contribution in [0.4, 0.5) is 0 Å². The van der Waals surface area contributed by atoms with Crippen LogP contribution in [0.15, 0.2) is 29.8 Å². The molecule has 4 aliphatic rings. The first-order valence-electron chi connectivity index (χ1n) is 10.3. The molecule has 2 aliphatic carbocycles. The highest BCUT2D eigenvalue weighted by atomic mass is 79.9. The molecule has 6 atom stereocenters. The smallest absolute Gasteiger partial charge is 0.254 e. The molecule has 174 valence electrons. The monoisotopic (exact) mass is 556 g/mol. The number of nitrogens with zero attached hydrogens (tertiary/aromatic N) is 1. The number of hydrogen-bond acceptors (Lipinski definition) is 6. The highest BCUT2D eigenvalue weighted by Gasteiger charge is 2.76. The zero-order chi connectivity index (χ0) is 23.9. The van der Waals surface area contributed by atoms with Crippen LogP contribution in [0.2, 0.25) is 0 Å². The number of alkyl halides is 3. The topological polar surface area (TPSA) is 113 Å². The molecular weight excluding hydrogens is 539 g/mol. The molecule has 2 N–H and O–H groups in total. The van der Waals surface area contributed by atoms with Crippen LogP contribution in [-0.4, -0.2) is 55.9 Å². The number of fused-ring (bicyclic) bond motifs is 4. The van der Waals surface area contributed by atoms with E-state index in [4.69, 9.17) is 27.9 Å². The zero-order valence-electron chi connectivity index (χ0n) is 17.3. The highest BCUT2D eigenvalue weighted by molar-refractivity contribution is 9.09. The van der Waals surface area contributed by atoms with Crippen molar-refractivity contribution in [2.24, 2.45) is 17.8 Å². The number of likely N-dealkylation sites (tertiary alicyclic amines) is 1. The Kier molecular flexibility index (Phi) is 5.12. The van der Waals surface area contributed by atoms with Crippen LogP contribution < -0.4 is 10.1 Å². The third-order valence-corrected chi connectivity index (χ3v) is 9.30. The van der Waals surface area contributed by atoms with Crippen molar-refractivity contribution < 1.29 is 29.0 Å². The summed E-state index contributed by atoms with van der Waals surface area (Å²) in [6.45, 7) is 0. The van der Waals surface area contributed by atoms with Crippen molar-refractivity contribution in [3.63, 3.8) is 0 Å². The summed E-state index contributed by atoms with van der Waals surface area (Å²) in [5, 5.41) is 12.4. The number of halogens is 3. The number of carbonyl (C=O) groups is 4. The number of methoxy groups -OCH3 is 1. The number of rotatable bonds is 3. The normalized spacial score (nSPS) is 37.3. The van der Waals surface area contributed by atoms with Gasteiger partial charge in [-0.3, -0.25) is 29.4 Å². The lowest BCUT2D eigenvalue weighted by Crippen LogP contribution is -2.60. The molecule has 8 nitrogen and oxygen atoms in total. The maximum Gasteiger partial charge on any atom is 0.254 e. The predicted octanol–water partition coefficient (Wildman–Crippen LogP) is 2.40. The molecule has 3 fully saturated rings. The Morgan fingerprint density at radius 3 is 2.58 bits per heavy atom. The molecule has 5 rings (SSSR count). The molecule has 11 heteroatoms. The summed E-state index contributed by atoms with van der Waals surface area (Å²) in [7, 11) is 1.41. The second kappa shape index (κ2) is 7.45. The van der Waals surface area contributed by atoms with Gasteiger partial charge in [0.05, 0.1) is 24.4 Å². The van der Waals surface area contributed by atoms with E-state index in [9.17, 15) is 24.3 Å². The van der Waals surface area contributed by atoms with Gasteiger partial charge in [0.25, 0.3) is 11.8 Å². The molecule has 2 aliphatic heterocycles. The van der Waals surface area contributed by atoms with Crippen molar-refractivity contribution in [3.8, 4) is 11.5 Å². The number of amides is 4. The number of carbonyl (C=O) groups excluding carboxylic acids is 4. The van der Waals surface area contributed by atoms with Gasteiger partial charge in [-0.2, -0.15) is 0 Å². The van der Waals surface area contributed by atoms with Gasteiger partial charge in [-0.25, -0.2) is 0 Å². The van der Waals surface area contributed by atoms with E-state index in [2.05, 4.69) is 21.2 Å². The molecule has 1 aromatic rings. The number of hydrogen-bond donors (Lipinski definition) is 2. The van der Waals surface area contributed by atoms with Crippen molar-refractivity contribution in [3.05, 3.63) is 35.4 Å². The maximum absolute atomic E-state index is 13.6. The average Bonchev–Trinajstić information content (AvgIpc) is 3.15. The summed E-state index contributed by atoms with van der Waals surface area (Å²) in [6, 6.07) is 4.39. The molecule has 2 saturated heterocycles. The molecule has 0 spiro atoms. The van der Waals surface area contributed by atoms with Gasteiger partial charge in [-0.1, -0.05) is 33.6 Å². The van der Waals surface area contributed by atoms with E-state index in [1.165, 1.54) is 19.2 Å². The third kappa shape index (κ3) is 2.76. The molecule has 0 aromatic heterocycles. The Bertz CT molecular complexity index is 1160. The van der Waals surface area contributed by atoms with Gasteiger partial charge < -0.3 is 9.84 Å². The first-order chi connectivity index (χ1) is 15.6. The number of nitrogens with one attached hydrogen (secondary N) is 1. The van der Waals surface area contributed by atoms with E-state index in [0.717, 1.165) is 4.90 Å². The average molecular weight is 558 g/mol. The minimum Gasteiger partial charge on any atom is -0.508 e. The van der Waals surface area contributed by atoms with Gasteiger partial charge in [0.15, 0.2) is 9.75 Å². The van der Waals surface area contributed by atoms with Crippen molar-refractivity contribution in [2.45, 2.75) is 28.5 Å². The SMILES string of the molecule is COc1cc(O)ccc1[C@H]1C2=CC[C@@H]3C(=O)NC(=O)[C@@H]3[C@@H]2C[C@@]2(Cl)C(=O)N(CBr)C(=O)[C@@]12Cl. The quantitative estimate of drug-likeness (QED) is 0.255. The molecule has 33 heavy (non-hydrogen) atoms. The van der Waals surface area contributed by atoms with Crippen molar-refractivity contribution in [2.75, 3.05) is 12.6 Å². The van der Waals surface area contributed by atoms with Crippen molar-refractivity contribution in [1.29, 1.82) is 0 Å². The number of imide groups is 2. The number of benzene rings is 1. The minimum absolute atomic E-state index is 0.0573. The summed E-state index contributed by atoms with van der Waals surface area (Å²) < 4.78 is 5.48. The molecular formula is C22H19BrCl2N2O6. The first kappa shape index (κ1) is 22.7. The second-order valence-corrected chi connectivity index (χ2v) is 10.5. The fourth-order valence-electron chi connectivity index (χ4n) is 5.95. The van der Waals surface area contributed by atoms with E-state index in [0.29, 0.717) is 11.1 Å². The fraction of sp³-hybridized carbons (Fsp3) is 0.455. The van der Waals surface area contributed by atoms with Gasteiger partial charge in [-0.05, 0) is 24.8 Å². The highest BCUT2D eigenvalue weighted by Crippen LogP contribution is 2.65. The van der Waals surface area contributed by atoms with Crippen LogP contribution in [0.1, 0.15) is 24.3 Å². The Balaban J connectivity index is 1.78. The van der Waals surface area contributed by atoms with Crippen LogP contribution in [-0.2, 0) is 19.2 Å². The lowest BCUT2D eigenvalue weighted by molar-refractivity contribution is -0.138. The predicted molar refractivity (Wildman–Crippen MR) is 121 cm³/mol. The summed E-state index contributed by atoms with van der Waals surface area (Å²) in [5.74, 6) is -4.72. The first-order valence-corrected chi connectivity index (χ1v) is 12.2. The summed E-state index contributed by atoms with van der Waals surface area (Å²) in [5.41, 5.74) is 1.02. The van der Waals surface area contributed by atoms with E-state index < -0.39 is 51.1 Å². The Hall–Kier alpha value is -2.10. The molecule has 1 saturated carbocycles. The summed E-state index contributed by atoms with van der Waals surface area (Å²) in [4.78, 5) is 49.3. The van der Waals surface area contributed by atoms with Crippen molar-refractivity contribution in [1.82, 2.24) is 10.2 Å². The van der Waals surface area contributed by atoms with Gasteiger partial charge in [-0.15, -0.1) is 23.2 Å². The zero-order valence-corrected chi connectivity index (χ0v) is 20.4. The van der Waals surface area contributed by atoms with E-state index in [1.807, 2.05) is 6.08 Å². The summed E-state index contributed by atoms with van der Waals surface area (Å²) in [6.07, 6.45) is 2.05. The number of aromatic hydroxyl groups is 1. The van der Waals surface area contributed by atoms with E-state index >= 15 is 0 Å². The van der Waals surface area contributed by atoms with Gasteiger partial charge in [0.2, 0.25) is 11.8 Å². The van der Waals surface area contributed by atoms with Crippen LogP contribution in [0.5, 0.6) is 11.5 Å². The minimum atomic E-state index is -1.90. The Morgan fingerprint density at radius 1 is 1.18 bits per heavy atom. The fourth-order valence-corrected chi connectivity index (χ4v) is 7.36. The number of allylic oxidation sites excluding steroid dienone is 2. The van der Waals surface area contributed by atoms with Crippen LogP contribution in [0, 0.1) is 17.8 Å². The number of phenolic OH excluding ortho intramolecular Hbond substituents is 1.